The second-order valence-electron chi connectivity index (χ2n) is 5.87. The van der Waals surface area contributed by atoms with E-state index in [1.54, 1.807) is 0 Å². The fraction of sp³-hybridized carbons (Fsp3) is 0.562. The standard InChI is InChI=1S/C16H23N3O2/c20-16(21)19-11-9-18(10-12-19)15-6-2-1-5-14(15)13-17-7-3-4-8-17/h1-2,5-6H,3-4,7-13H2,(H,20,21). The number of hydrogen-bond acceptors (Lipinski definition) is 3. The van der Waals surface area contributed by atoms with Gasteiger partial charge in [-0.05, 0) is 37.6 Å². The van der Waals surface area contributed by atoms with Crippen LogP contribution in [0.1, 0.15) is 18.4 Å². The highest BCUT2D eigenvalue weighted by molar-refractivity contribution is 5.65. The molecule has 0 radical (unpaired) electrons. The maximum atomic E-state index is 11.0. The first-order valence-corrected chi connectivity index (χ1v) is 7.77. The van der Waals surface area contributed by atoms with Gasteiger partial charge in [-0.1, -0.05) is 18.2 Å². The van der Waals surface area contributed by atoms with Crippen molar-refractivity contribution in [1.29, 1.82) is 0 Å². The number of nitrogens with zero attached hydrogens (tertiary/aromatic N) is 3. The molecule has 2 heterocycles. The molecule has 0 bridgehead atoms. The minimum absolute atomic E-state index is 0.591. The van der Waals surface area contributed by atoms with Crippen molar-refractivity contribution in [2.75, 3.05) is 44.2 Å². The highest BCUT2D eigenvalue weighted by atomic mass is 16.4. The predicted octanol–water partition coefficient (Wildman–Crippen LogP) is 2.08. The summed E-state index contributed by atoms with van der Waals surface area (Å²) in [7, 11) is 0. The van der Waals surface area contributed by atoms with Gasteiger partial charge in [-0.2, -0.15) is 0 Å². The Morgan fingerprint density at radius 3 is 2.33 bits per heavy atom. The molecule has 2 saturated heterocycles. The molecular formula is C16H23N3O2. The highest BCUT2D eigenvalue weighted by Gasteiger charge is 2.22. The van der Waals surface area contributed by atoms with Crippen LogP contribution in [0.4, 0.5) is 10.5 Å². The number of carbonyl (C=O) groups is 1. The molecule has 0 saturated carbocycles. The van der Waals surface area contributed by atoms with Gasteiger partial charge >= 0.3 is 6.09 Å². The predicted molar refractivity (Wildman–Crippen MR) is 82.8 cm³/mol. The van der Waals surface area contributed by atoms with Crippen molar-refractivity contribution in [1.82, 2.24) is 9.80 Å². The van der Waals surface area contributed by atoms with Crippen LogP contribution in [0.5, 0.6) is 0 Å². The molecule has 3 rings (SSSR count). The minimum atomic E-state index is -0.806. The van der Waals surface area contributed by atoms with E-state index in [1.807, 2.05) is 0 Å². The Morgan fingerprint density at radius 1 is 1.00 bits per heavy atom. The number of piperazine rings is 1. The van der Waals surface area contributed by atoms with E-state index in [1.165, 1.54) is 42.1 Å². The van der Waals surface area contributed by atoms with Crippen LogP contribution in [0.3, 0.4) is 0 Å². The molecule has 0 aromatic heterocycles. The average Bonchev–Trinajstić information content (AvgIpc) is 3.01. The second kappa shape index (κ2) is 6.35. The van der Waals surface area contributed by atoms with Gasteiger partial charge in [0, 0.05) is 38.4 Å². The van der Waals surface area contributed by atoms with Crippen molar-refractivity contribution < 1.29 is 9.90 Å². The van der Waals surface area contributed by atoms with E-state index in [2.05, 4.69) is 34.1 Å². The maximum Gasteiger partial charge on any atom is 0.407 e. The van der Waals surface area contributed by atoms with Gasteiger partial charge in [0.2, 0.25) is 0 Å². The zero-order valence-electron chi connectivity index (χ0n) is 12.4. The summed E-state index contributed by atoms with van der Waals surface area (Å²) in [5, 5.41) is 9.04. The van der Waals surface area contributed by atoms with Crippen molar-refractivity contribution in [3.8, 4) is 0 Å². The Labute approximate surface area is 125 Å². The molecular weight excluding hydrogens is 266 g/mol. The van der Waals surface area contributed by atoms with Crippen LogP contribution in [0.2, 0.25) is 0 Å². The van der Waals surface area contributed by atoms with Gasteiger partial charge in [0.25, 0.3) is 0 Å². The molecule has 0 aliphatic carbocycles. The van der Waals surface area contributed by atoms with Gasteiger partial charge in [0.1, 0.15) is 0 Å². The number of anilines is 1. The lowest BCUT2D eigenvalue weighted by molar-refractivity contribution is 0.142. The van der Waals surface area contributed by atoms with E-state index in [9.17, 15) is 4.79 Å². The Kier molecular flexibility index (Phi) is 4.29. The molecule has 0 atom stereocenters. The number of benzene rings is 1. The van der Waals surface area contributed by atoms with Gasteiger partial charge in [0.05, 0.1) is 0 Å². The lowest BCUT2D eigenvalue weighted by Gasteiger charge is -2.36. The van der Waals surface area contributed by atoms with Crippen LogP contribution in [-0.2, 0) is 6.54 Å². The lowest BCUT2D eigenvalue weighted by Crippen LogP contribution is -2.48. The average molecular weight is 289 g/mol. The molecule has 1 aromatic rings. The van der Waals surface area contributed by atoms with E-state index in [-0.39, 0.29) is 0 Å². The molecule has 1 amide bonds. The topological polar surface area (TPSA) is 47.0 Å². The Balaban J connectivity index is 1.69. The molecule has 2 fully saturated rings. The van der Waals surface area contributed by atoms with Crippen LogP contribution in [0.25, 0.3) is 0 Å². The summed E-state index contributed by atoms with van der Waals surface area (Å²) < 4.78 is 0. The fourth-order valence-corrected chi connectivity index (χ4v) is 3.27. The zero-order valence-corrected chi connectivity index (χ0v) is 12.4. The number of hydrogen-bond donors (Lipinski definition) is 1. The number of likely N-dealkylation sites (tertiary alicyclic amines) is 1. The van der Waals surface area contributed by atoms with E-state index in [0.717, 1.165) is 19.6 Å². The summed E-state index contributed by atoms with van der Waals surface area (Å²) in [6, 6.07) is 8.55. The SMILES string of the molecule is O=C(O)N1CCN(c2ccccc2CN2CCCC2)CC1. The van der Waals surface area contributed by atoms with Crippen molar-refractivity contribution in [3.63, 3.8) is 0 Å². The molecule has 0 spiro atoms. The van der Waals surface area contributed by atoms with Crippen LogP contribution < -0.4 is 4.90 Å². The molecule has 1 aromatic carbocycles. The van der Waals surface area contributed by atoms with Gasteiger partial charge in [0.15, 0.2) is 0 Å². The number of rotatable bonds is 3. The third-order valence-corrected chi connectivity index (χ3v) is 4.48. The van der Waals surface area contributed by atoms with Gasteiger partial charge in [-0.3, -0.25) is 4.90 Å². The third-order valence-electron chi connectivity index (χ3n) is 4.48. The normalized spacial score (nSPS) is 20.0. The first-order chi connectivity index (χ1) is 10.2. The molecule has 114 valence electrons. The highest BCUT2D eigenvalue weighted by Crippen LogP contribution is 2.24. The van der Waals surface area contributed by atoms with E-state index < -0.39 is 6.09 Å². The van der Waals surface area contributed by atoms with E-state index in [4.69, 9.17) is 5.11 Å². The quantitative estimate of drug-likeness (QED) is 0.925. The maximum absolute atomic E-state index is 11.0. The first kappa shape index (κ1) is 14.2. The van der Waals surface area contributed by atoms with Crippen LogP contribution in [-0.4, -0.2) is 60.3 Å². The van der Waals surface area contributed by atoms with Gasteiger partial charge in [-0.25, -0.2) is 4.79 Å². The van der Waals surface area contributed by atoms with Crippen molar-refractivity contribution in [3.05, 3.63) is 29.8 Å². The lowest BCUT2D eigenvalue weighted by atomic mass is 10.1. The molecule has 5 heteroatoms. The monoisotopic (exact) mass is 289 g/mol. The van der Waals surface area contributed by atoms with Crippen molar-refractivity contribution >= 4 is 11.8 Å². The van der Waals surface area contributed by atoms with Crippen molar-refractivity contribution in [2.24, 2.45) is 0 Å². The molecule has 1 N–H and O–H groups in total. The molecule has 2 aliphatic heterocycles. The smallest absolute Gasteiger partial charge is 0.407 e. The number of carboxylic acid groups (broad SMARTS) is 1. The molecule has 5 nitrogen and oxygen atoms in total. The molecule has 21 heavy (non-hydrogen) atoms. The summed E-state index contributed by atoms with van der Waals surface area (Å²) in [5.74, 6) is 0. The molecule has 2 aliphatic rings. The van der Waals surface area contributed by atoms with E-state index >= 15 is 0 Å². The number of amides is 1. The molecule has 0 unspecified atom stereocenters. The third kappa shape index (κ3) is 3.29. The van der Waals surface area contributed by atoms with Crippen LogP contribution in [0.15, 0.2) is 24.3 Å². The Bertz CT molecular complexity index is 492. The summed E-state index contributed by atoms with van der Waals surface area (Å²) in [4.78, 5) is 17.3. The summed E-state index contributed by atoms with van der Waals surface area (Å²) in [6.45, 7) is 6.14. The van der Waals surface area contributed by atoms with E-state index in [0.29, 0.717) is 13.1 Å². The fourth-order valence-electron chi connectivity index (χ4n) is 3.27. The van der Waals surface area contributed by atoms with Gasteiger partial charge in [-0.15, -0.1) is 0 Å². The summed E-state index contributed by atoms with van der Waals surface area (Å²) in [6.07, 6.45) is 1.80. The number of para-hydroxylation sites is 1. The Morgan fingerprint density at radius 2 is 1.67 bits per heavy atom. The van der Waals surface area contributed by atoms with Crippen LogP contribution in [0, 0.1) is 0 Å². The van der Waals surface area contributed by atoms with Crippen molar-refractivity contribution in [2.45, 2.75) is 19.4 Å². The minimum Gasteiger partial charge on any atom is -0.465 e. The second-order valence-corrected chi connectivity index (χ2v) is 5.87. The van der Waals surface area contributed by atoms with Crippen LogP contribution >= 0.6 is 0 Å². The largest absolute Gasteiger partial charge is 0.465 e. The Hall–Kier alpha value is -1.75. The zero-order chi connectivity index (χ0) is 14.7. The summed E-state index contributed by atoms with van der Waals surface area (Å²) >= 11 is 0. The van der Waals surface area contributed by atoms with Gasteiger partial charge < -0.3 is 14.9 Å². The first-order valence-electron chi connectivity index (χ1n) is 7.77. The summed E-state index contributed by atoms with van der Waals surface area (Å²) in [5.41, 5.74) is 2.64.